The van der Waals surface area contributed by atoms with Gasteiger partial charge in [0.15, 0.2) is 5.96 Å². The minimum atomic E-state index is 0.286. The van der Waals surface area contributed by atoms with E-state index in [-0.39, 0.29) is 6.04 Å². The molecule has 0 radical (unpaired) electrons. The minimum Gasteiger partial charge on any atom is -0.489 e. The van der Waals surface area contributed by atoms with E-state index < -0.39 is 0 Å². The maximum atomic E-state index is 5.71. The van der Waals surface area contributed by atoms with Gasteiger partial charge >= 0.3 is 0 Å². The molecule has 0 bridgehead atoms. The van der Waals surface area contributed by atoms with E-state index in [0.29, 0.717) is 13.2 Å². The van der Waals surface area contributed by atoms with Crippen LogP contribution in [0.2, 0.25) is 0 Å². The highest BCUT2D eigenvalue weighted by atomic mass is 16.5. The summed E-state index contributed by atoms with van der Waals surface area (Å²) in [6.07, 6.45) is 5.31. The van der Waals surface area contributed by atoms with Gasteiger partial charge in [-0.15, -0.1) is 0 Å². The summed E-state index contributed by atoms with van der Waals surface area (Å²) < 4.78 is 7.67. The zero-order valence-corrected chi connectivity index (χ0v) is 15.2. The number of aryl methyl sites for hydroxylation is 1. The summed E-state index contributed by atoms with van der Waals surface area (Å²) >= 11 is 0. The number of benzene rings is 1. The van der Waals surface area contributed by atoms with Gasteiger partial charge < -0.3 is 15.4 Å². The summed E-state index contributed by atoms with van der Waals surface area (Å²) in [6, 6.07) is 8.25. The fourth-order valence-electron chi connectivity index (χ4n) is 2.96. The van der Waals surface area contributed by atoms with Crippen LogP contribution in [0.15, 0.2) is 48.2 Å². The number of aromatic nitrogens is 3. The van der Waals surface area contributed by atoms with E-state index in [4.69, 9.17) is 9.73 Å². The van der Waals surface area contributed by atoms with E-state index in [9.17, 15) is 0 Å². The average molecular weight is 354 g/mol. The van der Waals surface area contributed by atoms with Crippen LogP contribution in [0, 0.1) is 0 Å². The average Bonchev–Trinajstić information content (AvgIpc) is 3.13. The SMILES string of the molecule is C=CCOc1ccccc1CN=C(NCC)NC1CCc2ncnn2C1. The lowest BCUT2D eigenvalue weighted by Gasteiger charge is -2.25. The molecule has 0 saturated carbocycles. The van der Waals surface area contributed by atoms with Crippen molar-refractivity contribution in [3.8, 4) is 5.75 Å². The van der Waals surface area contributed by atoms with Crippen molar-refractivity contribution >= 4 is 5.96 Å². The van der Waals surface area contributed by atoms with E-state index in [0.717, 1.165) is 49.0 Å². The highest BCUT2D eigenvalue weighted by molar-refractivity contribution is 5.80. The number of hydrogen-bond donors (Lipinski definition) is 2. The largest absolute Gasteiger partial charge is 0.489 e. The van der Waals surface area contributed by atoms with Crippen LogP contribution in [0.3, 0.4) is 0 Å². The third kappa shape index (κ3) is 4.62. The number of para-hydroxylation sites is 1. The summed E-state index contributed by atoms with van der Waals surface area (Å²) in [6.45, 7) is 8.41. The summed E-state index contributed by atoms with van der Waals surface area (Å²) in [5, 5.41) is 11.1. The van der Waals surface area contributed by atoms with Gasteiger partial charge in [-0.2, -0.15) is 5.10 Å². The van der Waals surface area contributed by atoms with E-state index in [2.05, 4.69) is 34.2 Å². The molecule has 138 valence electrons. The highest BCUT2D eigenvalue weighted by Gasteiger charge is 2.20. The summed E-state index contributed by atoms with van der Waals surface area (Å²) in [5.41, 5.74) is 1.05. The Balaban J connectivity index is 1.65. The van der Waals surface area contributed by atoms with Crippen molar-refractivity contribution < 1.29 is 4.74 Å². The van der Waals surface area contributed by atoms with Gasteiger partial charge in [-0.3, -0.25) is 0 Å². The van der Waals surface area contributed by atoms with Gasteiger partial charge in [-0.1, -0.05) is 30.9 Å². The first-order chi connectivity index (χ1) is 12.8. The Morgan fingerprint density at radius 3 is 3.19 bits per heavy atom. The maximum Gasteiger partial charge on any atom is 0.191 e. The first-order valence-corrected chi connectivity index (χ1v) is 9.03. The van der Waals surface area contributed by atoms with Crippen LogP contribution >= 0.6 is 0 Å². The van der Waals surface area contributed by atoms with Crippen molar-refractivity contribution in [1.82, 2.24) is 25.4 Å². The summed E-state index contributed by atoms with van der Waals surface area (Å²) in [4.78, 5) is 9.01. The number of nitrogens with zero attached hydrogens (tertiary/aromatic N) is 4. The number of hydrogen-bond acceptors (Lipinski definition) is 4. The van der Waals surface area contributed by atoms with Crippen LogP contribution in [0.25, 0.3) is 0 Å². The maximum absolute atomic E-state index is 5.71. The fraction of sp³-hybridized carbons (Fsp3) is 0.421. The molecule has 1 aliphatic heterocycles. The normalized spacial score (nSPS) is 16.7. The molecule has 2 N–H and O–H groups in total. The molecule has 0 saturated heterocycles. The molecule has 0 fully saturated rings. The third-order valence-electron chi connectivity index (χ3n) is 4.23. The van der Waals surface area contributed by atoms with Crippen molar-refractivity contribution in [2.45, 2.75) is 38.9 Å². The van der Waals surface area contributed by atoms with E-state index >= 15 is 0 Å². The molecule has 3 rings (SSSR count). The number of ether oxygens (including phenoxy) is 1. The smallest absolute Gasteiger partial charge is 0.191 e. The second kappa shape index (κ2) is 9.03. The van der Waals surface area contributed by atoms with Crippen LogP contribution in [0.1, 0.15) is 24.7 Å². The Labute approximate surface area is 154 Å². The number of nitrogens with one attached hydrogen (secondary N) is 2. The number of fused-ring (bicyclic) bond motifs is 1. The lowest BCUT2D eigenvalue weighted by atomic mass is 10.1. The number of aliphatic imine (C=N–C) groups is 1. The number of rotatable bonds is 7. The highest BCUT2D eigenvalue weighted by Crippen LogP contribution is 2.19. The predicted molar refractivity (Wildman–Crippen MR) is 102 cm³/mol. The Hall–Kier alpha value is -2.83. The Bertz CT molecular complexity index is 754. The second-order valence-electron chi connectivity index (χ2n) is 6.14. The van der Waals surface area contributed by atoms with Crippen molar-refractivity contribution in [3.05, 3.63) is 54.6 Å². The topological polar surface area (TPSA) is 76.4 Å². The third-order valence-corrected chi connectivity index (χ3v) is 4.23. The fourth-order valence-corrected chi connectivity index (χ4v) is 2.96. The van der Waals surface area contributed by atoms with E-state index in [1.807, 2.05) is 28.9 Å². The van der Waals surface area contributed by atoms with Crippen LogP contribution in [0.5, 0.6) is 5.75 Å². The summed E-state index contributed by atoms with van der Waals surface area (Å²) in [5.74, 6) is 2.70. The van der Waals surface area contributed by atoms with Gasteiger partial charge in [0, 0.05) is 24.6 Å². The molecule has 7 nitrogen and oxygen atoms in total. The first-order valence-electron chi connectivity index (χ1n) is 9.03. The zero-order chi connectivity index (χ0) is 18.2. The van der Waals surface area contributed by atoms with Crippen molar-refractivity contribution in [3.63, 3.8) is 0 Å². The molecule has 26 heavy (non-hydrogen) atoms. The van der Waals surface area contributed by atoms with Crippen LogP contribution in [-0.2, 0) is 19.5 Å². The van der Waals surface area contributed by atoms with Gasteiger partial charge in [0.25, 0.3) is 0 Å². The Morgan fingerprint density at radius 2 is 2.35 bits per heavy atom. The molecule has 1 unspecified atom stereocenters. The molecule has 0 amide bonds. The summed E-state index contributed by atoms with van der Waals surface area (Å²) in [7, 11) is 0. The molecule has 0 aliphatic carbocycles. The molecule has 0 spiro atoms. The Kier molecular flexibility index (Phi) is 6.24. The molecule has 1 aliphatic rings. The lowest BCUT2D eigenvalue weighted by Crippen LogP contribution is -2.47. The van der Waals surface area contributed by atoms with Crippen LogP contribution < -0.4 is 15.4 Å². The standard InChI is InChI=1S/C19H26N6O/c1-3-11-26-17-8-6-5-7-15(17)12-21-19(20-4-2)24-16-9-10-18-22-14-23-25(18)13-16/h3,5-8,14,16H,1,4,9-13H2,2H3,(H2,20,21,24). The molecule has 1 aromatic carbocycles. The quantitative estimate of drug-likeness (QED) is 0.451. The molecule has 1 atom stereocenters. The monoisotopic (exact) mass is 354 g/mol. The molecule has 7 heteroatoms. The van der Waals surface area contributed by atoms with Gasteiger partial charge in [-0.05, 0) is 19.4 Å². The van der Waals surface area contributed by atoms with Crippen molar-refractivity contribution in [2.75, 3.05) is 13.2 Å². The lowest BCUT2D eigenvalue weighted by molar-refractivity contribution is 0.359. The molecular weight excluding hydrogens is 328 g/mol. The molecule has 2 heterocycles. The molecular formula is C19H26N6O. The van der Waals surface area contributed by atoms with Crippen LogP contribution in [0.4, 0.5) is 0 Å². The molecule has 2 aromatic rings. The minimum absolute atomic E-state index is 0.286. The molecule has 1 aromatic heterocycles. The van der Waals surface area contributed by atoms with Gasteiger partial charge in [0.2, 0.25) is 0 Å². The Morgan fingerprint density at radius 1 is 1.46 bits per heavy atom. The van der Waals surface area contributed by atoms with E-state index in [1.165, 1.54) is 0 Å². The van der Waals surface area contributed by atoms with Crippen molar-refractivity contribution in [1.29, 1.82) is 0 Å². The predicted octanol–water partition coefficient (Wildman–Crippen LogP) is 1.91. The van der Waals surface area contributed by atoms with Crippen molar-refractivity contribution in [2.24, 2.45) is 4.99 Å². The zero-order valence-electron chi connectivity index (χ0n) is 15.2. The van der Waals surface area contributed by atoms with Gasteiger partial charge in [0.05, 0.1) is 13.1 Å². The van der Waals surface area contributed by atoms with Gasteiger partial charge in [-0.25, -0.2) is 14.7 Å². The van der Waals surface area contributed by atoms with E-state index in [1.54, 1.807) is 12.4 Å². The second-order valence-corrected chi connectivity index (χ2v) is 6.14. The van der Waals surface area contributed by atoms with Crippen LogP contribution in [-0.4, -0.2) is 39.9 Å². The first kappa shape index (κ1) is 18.0. The number of guanidine groups is 1. The van der Waals surface area contributed by atoms with Gasteiger partial charge in [0.1, 0.15) is 24.5 Å².